The summed E-state index contributed by atoms with van der Waals surface area (Å²) in [7, 11) is 0. The van der Waals surface area contributed by atoms with Crippen LogP contribution in [0.5, 0.6) is 11.5 Å². The van der Waals surface area contributed by atoms with Crippen LogP contribution in [0.3, 0.4) is 0 Å². The molecule has 41 heavy (non-hydrogen) atoms. The molecule has 6 nitrogen and oxygen atoms in total. The Morgan fingerprint density at radius 3 is 1.78 bits per heavy atom. The van der Waals surface area contributed by atoms with Crippen molar-refractivity contribution in [3.05, 3.63) is 71.3 Å². The van der Waals surface area contributed by atoms with Crippen LogP contribution in [-0.4, -0.2) is 35.4 Å². The molecule has 0 bridgehead atoms. The highest BCUT2D eigenvalue weighted by Crippen LogP contribution is 2.39. The van der Waals surface area contributed by atoms with Crippen molar-refractivity contribution in [3.63, 3.8) is 0 Å². The van der Waals surface area contributed by atoms with Crippen molar-refractivity contribution < 1.29 is 29.3 Å². The van der Waals surface area contributed by atoms with Crippen molar-refractivity contribution in [1.29, 1.82) is 0 Å². The maximum atomic E-state index is 12.5. The van der Waals surface area contributed by atoms with Gasteiger partial charge >= 0.3 is 11.9 Å². The standard InChI is InChI=1S/C35H46O6/c1-4-7-8-9-10-11-25-12-14-28(15-13-25)29-16-18-30(19-17-29)31-20-32(40-34(38)26(5-2)23-36)22-33(21-31)41-35(39)27(6-3)24-37/h5-6,16-22,25,28,36-37H,4,7-15,23-24H2,1-3H3/b26-5+,27-6+. The third kappa shape index (κ3) is 9.68. The average molecular weight is 563 g/mol. The number of unbranched alkanes of at least 4 members (excludes halogenated alkanes) is 4. The summed E-state index contributed by atoms with van der Waals surface area (Å²) >= 11 is 0. The lowest BCUT2D eigenvalue weighted by Gasteiger charge is -2.29. The van der Waals surface area contributed by atoms with Crippen LogP contribution in [0, 0.1) is 5.92 Å². The van der Waals surface area contributed by atoms with Gasteiger partial charge in [-0.05, 0) is 80.2 Å². The number of carbonyl (C=O) groups is 2. The predicted octanol–water partition coefficient (Wildman–Crippen LogP) is 7.68. The highest BCUT2D eigenvalue weighted by atomic mass is 16.5. The van der Waals surface area contributed by atoms with E-state index in [1.165, 1.54) is 88.0 Å². The fourth-order valence-corrected chi connectivity index (χ4v) is 5.52. The molecule has 3 rings (SSSR count). The fourth-order valence-electron chi connectivity index (χ4n) is 5.52. The first-order valence-corrected chi connectivity index (χ1v) is 15.1. The van der Waals surface area contributed by atoms with Crippen molar-refractivity contribution in [2.24, 2.45) is 5.92 Å². The molecule has 2 N–H and O–H groups in total. The van der Waals surface area contributed by atoms with Crippen LogP contribution < -0.4 is 9.47 Å². The second-order valence-electron chi connectivity index (χ2n) is 11.0. The van der Waals surface area contributed by atoms with Gasteiger partial charge in [-0.2, -0.15) is 0 Å². The largest absolute Gasteiger partial charge is 0.423 e. The summed E-state index contributed by atoms with van der Waals surface area (Å²) < 4.78 is 11.0. The number of esters is 2. The third-order valence-corrected chi connectivity index (χ3v) is 8.14. The minimum atomic E-state index is -0.680. The Kier molecular flexibility index (Phi) is 13.3. The van der Waals surface area contributed by atoms with Gasteiger partial charge in [-0.15, -0.1) is 0 Å². The highest BCUT2D eigenvalue weighted by molar-refractivity contribution is 5.91. The zero-order chi connectivity index (χ0) is 29.6. The molecule has 0 heterocycles. The van der Waals surface area contributed by atoms with E-state index in [1.807, 2.05) is 0 Å². The number of allylic oxidation sites excluding steroid dienone is 2. The van der Waals surface area contributed by atoms with Crippen LogP contribution in [0.2, 0.25) is 0 Å². The summed E-state index contributed by atoms with van der Waals surface area (Å²) in [6.45, 7) is 4.66. The van der Waals surface area contributed by atoms with Crippen LogP contribution in [0.15, 0.2) is 65.8 Å². The van der Waals surface area contributed by atoms with Gasteiger partial charge < -0.3 is 19.7 Å². The molecule has 1 aliphatic carbocycles. The van der Waals surface area contributed by atoms with Crippen LogP contribution in [0.25, 0.3) is 11.1 Å². The molecule has 1 fully saturated rings. The Hall–Kier alpha value is -3.22. The van der Waals surface area contributed by atoms with E-state index in [9.17, 15) is 19.8 Å². The quantitative estimate of drug-likeness (QED) is 0.106. The molecule has 0 aromatic heterocycles. The maximum Gasteiger partial charge on any atom is 0.341 e. The lowest BCUT2D eigenvalue weighted by atomic mass is 9.77. The third-order valence-electron chi connectivity index (χ3n) is 8.14. The van der Waals surface area contributed by atoms with Crippen molar-refractivity contribution in [3.8, 4) is 22.6 Å². The summed E-state index contributed by atoms with van der Waals surface area (Å²) in [5.41, 5.74) is 3.20. The maximum absolute atomic E-state index is 12.5. The Balaban J connectivity index is 1.73. The zero-order valence-electron chi connectivity index (χ0n) is 24.9. The molecule has 222 valence electrons. The first-order valence-electron chi connectivity index (χ1n) is 15.1. The molecule has 1 aliphatic rings. The number of carbonyl (C=O) groups excluding carboxylic acids is 2. The second-order valence-corrected chi connectivity index (χ2v) is 11.0. The Bertz CT molecular complexity index is 1130. The van der Waals surface area contributed by atoms with Gasteiger partial charge in [-0.25, -0.2) is 9.59 Å². The number of aliphatic hydroxyl groups is 2. The van der Waals surface area contributed by atoms with Gasteiger partial charge in [-0.1, -0.05) is 81.9 Å². The van der Waals surface area contributed by atoms with Crippen molar-refractivity contribution in [2.75, 3.05) is 13.2 Å². The molecule has 2 aromatic rings. The van der Waals surface area contributed by atoms with Crippen LogP contribution in [0.1, 0.15) is 96.5 Å². The first kappa shape index (κ1) is 32.3. The van der Waals surface area contributed by atoms with Gasteiger partial charge in [0.1, 0.15) is 11.5 Å². The van der Waals surface area contributed by atoms with E-state index in [2.05, 4.69) is 31.2 Å². The minimum Gasteiger partial charge on any atom is -0.423 e. The van der Waals surface area contributed by atoms with Gasteiger partial charge in [0, 0.05) is 6.07 Å². The zero-order valence-corrected chi connectivity index (χ0v) is 24.9. The topological polar surface area (TPSA) is 93.1 Å². The Morgan fingerprint density at radius 2 is 1.29 bits per heavy atom. The first-order chi connectivity index (χ1) is 19.9. The second kappa shape index (κ2) is 16.9. The molecular formula is C35H46O6. The molecule has 0 atom stereocenters. The van der Waals surface area contributed by atoms with Crippen molar-refractivity contribution in [2.45, 2.75) is 90.9 Å². The Morgan fingerprint density at radius 1 is 0.756 bits per heavy atom. The summed E-state index contributed by atoms with van der Waals surface area (Å²) in [5.74, 6) is 0.445. The number of rotatable bonds is 14. The van der Waals surface area contributed by atoms with Gasteiger partial charge in [0.05, 0.1) is 24.4 Å². The van der Waals surface area contributed by atoms with Gasteiger partial charge in [0.15, 0.2) is 0 Å². The van der Waals surface area contributed by atoms with Crippen molar-refractivity contribution >= 4 is 11.9 Å². The van der Waals surface area contributed by atoms with Crippen LogP contribution in [0.4, 0.5) is 0 Å². The van der Waals surface area contributed by atoms with E-state index in [0.29, 0.717) is 11.5 Å². The average Bonchev–Trinajstić information content (AvgIpc) is 2.98. The molecule has 0 saturated heterocycles. The van der Waals surface area contributed by atoms with E-state index in [-0.39, 0.29) is 22.6 Å². The highest BCUT2D eigenvalue weighted by Gasteiger charge is 2.22. The SMILES string of the molecule is C/C=C(\CO)C(=O)Oc1cc(OC(=O)/C(=C/C)CO)cc(-c2ccc(C3CCC(CCCCCCC)CC3)cc2)c1. The fraction of sp³-hybridized carbons (Fsp3) is 0.486. The van der Waals surface area contributed by atoms with E-state index >= 15 is 0 Å². The van der Waals surface area contributed by atoms with Gasteiger partial charge in [-0.3, -0.25) is 0 Å². The summed E-state index contributed by atoms with van der Waals surface area (Å²) in [4.78, 5) is 25.0. The summed E-state index contributed by atoms with van der Waals surface area (Å²) in [5, 5.41) is 18.9. The molecule has 0 amide bonds. The lowest BCUT2D eigenvalue weighted by Crippen LogP contribution is -2.15. The smallest absolute Gasteiger partial charge is 0.341 e. The van der Waals surface area contributed by atoms with Gasteiger partial charge in [0.2, 0.25) is 0 Å². The molecule has 0 unspecified atom stereocenters. The summed E-state index contributed by atoms with van der Waals surface area (Å²) in [6.07, 6.45) is 16.1. The van der Waals surface area contributed by atoms with Crippen molar-refractivity contribution in [1.82, 2.24) is 0 Å². The minimum absolute atomic E-state index is 0.126. The van der Waals surface area contributed by atoms with E-state index < -0.39 is 25.2 Å². The molecule has 6 heteroatoms. The lowest BCUT2D eigenvalue weighted by molar-refractivity contribution is -0.131. The van der Waals surface area contributed by atoms with Crippen LogP contribution >= 0.6 is 0 Å². The van der Waals surface area contributed by atoms with E-state index in [4.69, 9.17) is 9.47 Å². The molecular weight excluding hydrogens is 516 g/mol. The normalized spacial score (nSPS) is 17.8. The number of benzene rings is 2. The predicted molar refractivity (Wildman–Crippen MR) is 163 cm³/mol. The number of aliphatic hydroxyl groups excluding tert-OH is 2. The molecule has 0 aliphatic heterocycles. The van der Waals surface area contributed by atoms with E-state index in [1.54, 1.807) is 26.0 Å². The Labute approximate surface area is 245 Å². The molecule has 0 spiro atoms. The molecule has 1 saturated carbocycles. The molecule has 0 radical (unpaired) electrons. The van der Waals surface area contributed by atoms with Gasteiger partial charge in [0.25, 0.3) is 0 Å². The summed E-state index contributed by atoms with van der Waals surface area (Å²) in [6, 6.07) is 13.3. The number of hydrogen-bond donors (Lipinski definition) is 2. The molecule has 2 aromatic carbocycles. The van der Waals surface area contributed by atoms with Crippen LogP contribution in [-0.2, 0) is 9.59 Å². The number of ether oxygens (including phenoxy) is 2. The monoisotopic (exact) mass is 562 g/mol. The van der Waals surface area contributed by atoms with E-state index in [0.717, 1.165) is 11.5 Å². The number of hydrogen-bond acceptors (Lipinski definition) is 6.